The molecule has 6 heteroatoms. The first-order valence-electron chi connectivity index (χ1n) is 6.16. The van der Waals surface area contributed by atoms with Crippen LogP contribution in [0.25, 0.3) is 0 Å². The van der Waals surface area contributed by atoms with Crippen molar-refractivity contribution < 1.29 is 14.0 Å². The molecular weight excluding hydrogens is 252 g/mol. The fourth-order valence-electron chi connectivity index (χ4n) is 2.13. The molecule has 2 rings (SSSR count). The summed E-state index contributed by atoms with van der Waals surface area (Å²) >= 11 is 0. The van der Waals surface area contributed by atoms with Crippen molar-refractivity contribution in [2.75, 3.05) is 6.54 Å². The lowest BCUT2D eigenvalue weighted by Gasteiger charge is -2.15. The zero-order valence-electron chi connectivity index (χ0n) is 10.5. The van der Waals surface area contributed by atoms with Crippen LogP contribution in [0.1, 0.15) is 24.8 Å². The molecule has 1 saturated carbocycles. The number of oxime groups is 1. The smallest absolute Gasteiger partial charge is 0.159 e. The van der Waals surface area contributed by atoms with Gasteiger partial charge in [-0.05, 0) is 36.0 Å². The summed E-state index contributed by atoms with van der Waals surface area (Å²) in [5.74, 6) is -1.45. The van der Waals surface area contributed by atoms with Crippen molar-refractivity contribution in [2.45, 2.75) is 25.8 Å². The predicted molar refractivity (Wildman–Crippen MR) is 67.8 cm³/mol. The van der Waals surface area contributed by atoms with Gasteiger partial charge in [-0.3, -0.25) is 0 Å². The molecule has 1 aromatic carbocycles. The maximum Gasteiger partial charge on any atom is 0.159 e. The number of nitrogens with two attached hydrogens (primary N) is 1. The van der Waals surface area contributed by atoms with E-state index in [-0.39, 0.29) is 11.3 Å². The molecule has 0 amide bonds. The summed E-state index contributed by atoms with van der Waals surface area (Å²) in [4.78, 5) is 0. The Morgan fingerprint density at radius 3 is 2.68 bits per heavy atom. The molecule has 4 N–H and O–H groups in total. The molecule has 0 aliphatic heterocycles. The molecule has 0 bridgehead atoms. The number of halogens is 2. The van der Waals surface area contributed by atoms with Gasteiger partial charge >= 0.3 is 0 Å². The molecule has 19 heavy (non-hydrogen) atoms. The lowest BCUT2D eigenvalue weighted by atomic mass is 10.0. The van der Waals surface area contributed by atoms with Crippen LogP contribution in [0.3, 0.4) is 0 Å². The third-order valence-corrected chi connectivity index (χ3v) is 3.45. The zero-order chi connectivity index (χ0) is 13.9. The topological polar surface area (TPSA) is 70.6 Å². The predicted octanol–water partition coefficient (Wildman–Crippen LogP) is 1.97. The summed E-state index contributed by atoms with van der Waals surface area (Å²) in [7, 11) is 0. The van der Waals surface area contributed by atoms with Crippen LogP contribution < -0.4 is 11.1 Å². The highest BCUT2D eigenvalue weighted by atomic mass is 19.2. The number of hydrogen-bond donors (Lipinski definition) is 3. The van der Waals surface area contributed by atoms with Gasteiger partial charge in [-0.1, -0.05) is 11.2 Å². The highest BCUT2D eigenvalue weighted by molar-refractivity contribution is 5.80. The van der Waals surface area contributed by atoms with Crippen LogP contribution in [-0.2, 0) is 6.54 Å². The SMILES string of the molecule is NC(CC1(CNCc2ccc(F)c(F)c2)CC1)=NO. The van der Waals surface area contributed by atoms with E-state index in [4.69, 9.17) is 10.9 Å². The third-order valence-electron chi connectivity index (χ3n) is 3.45. The quantitative estimate of drug-likeness (QED) is 0.320. The number of nitrogens with one attached hydrogen (secondary N) is 1. The van der Waals surface area contributed by atoms with Crippen LogP contribution in [0, 0.1) is 17.0 Å². The molecule has 0 saturated heterocycles. The van der Waals surface area contributed by atoms with Gasteiger partial charge in [0.05, 0.1) is 0 Å². The number of benzene rings is 1. The maximum absolute atomic E-state index is 13.0. The van der Waals surface area contributed by atoms with E-state index in [9.17, 15) is 8.78 Å². The fourth-order valence-corrected chi connectivity index (χ4v) is 2.13. The molecule has 0 spiro atoms. The minimum Gasteiger partial charge on any atom is -0.409 e. The molecule has 104 valence electrons. The zero-order valence-corrected chi connectivity index (χ0v) is 10.5. The van der Waals surface area contributed by atoms with Crippen molar-refractivity contribution in [3.8, 4) is 0 Å². The molecule has 0 unspecified atom stereocenters. The van der Waals surface area contributed by atoms with Crippen molar-refractivity contribution in [1.29, 1.82) is 0 Å². The van der Waals surface area contributed by atoms with Gasteiger partial charge in [-0.25, -0.2) is 8.78 Å². The van der Waals surface area contributed by atoms with Crippen molar-refractivity contribution >= 4 is 5.84 Å². The largest absolute Gasteiger partial charge is 0.409 e. The lowest BCUT2D eigenvalue weighted by Crippen LogP contribution is -2.28. The number of nitrogens with zero attached hydrogens (tertiary/aromatic N) is 1. The van der Waals surface area contributed by atoms with E-state index in [0.29, 0.717) is 25.1 Å². The molecule has 0 aromatic heterocycles. The van der Waals surface area contributed by atoms with Crippen LogP contribution in [-0.4, -0.2) is 17.6 Å². The third kappa shape index (κ3) is 3.64. The Labute approximate surface area is 110 Å². The van der Waals surface area contributed by atoms with Crippen LogP contribution in [0.5, 0.6) is 0 Å². The van der Waals surface area contributed by atoms with E-state index in [1.54, 1.807) is 6.07 Å². The van der Waals surface area contributed by atoms with Crippen LogP contribution in [0.15, 0.2) is 23.4 Å². The summed E-state index contributed by atoms with van der Waals surface area (Å²) in [6.07, 6.45) is 2.59. The van der Waals surface area contributed by atoms with Gasteiger partial charge < -0.3 is 16.3 Å². The number of hydrogen-bond acceptors (Lipinski definition) is 3. The molecular formula is C13H17F2N3O. The normalized spacial score (nSPS) is 17.5. The van der Waals surface area contributed by atoms with Crippen molar-refractivity contribution in [3.63, 3.8) is 0 Å². The minimum absolute atomic E-state index is 0.0505. The lowest BCUT2D eigenvalue weighted by molar-refractivity contribution is 0.314. The van der Waals surface area contributed by atoms with Crippen LogP contribution in [0.2, 0.25) is 0 Å². The fraction of sp³-hybridized carbons (Fsp3) is 0.462. The summed E-state index contributed by atoms with van der Waals surface area (Å²) in [5.41, 5.74) is 6.24. The van der Waals surface area contributed by atoms with E-state index in [1.807, 2.05) is 0 Å². The Morgan fingerprint density at radius 1 is 1.37 bits per heavy atom. The van der Waals surface area contributed by atoms with Gasteiger partial charge in [0.1, 0.15) is 5.84 Å². The second kappa shape index (κ2) is 5.52. The van der Waals surface area contributed by atoms with Crippen LogP contribution in [0.4, 0.5) is 8.78 Å². The van der Waals surface area contributed by atoms with Gasteiger partial charge in [-0.2, -0.15) is 0 Å². The molecule has 0 radical (unpaired) electrons. The van der Waals surface area contributed by atoms with E-state index in [0.717, 1.165) is 18.9 Å². The summed E-state index contributed by atoms with van der Waals surface area (Å²) in [6, 6.07) is 3.86. The summed E-state index contributed by atoms with van der Waals surface area (Å²) in [5, 5.41) is 14.7. The Bertz CT molecular complexity index is 487. The molecule has 1 aliphatic carbocycles. The molecule has 1 fully saturated rings. The molecule has 4 nitrogen and oxygen atoms in total. The first kappa shape index (κ1) is 13.7. The maximum atomic E-state index is 13.0. The van der Waals surface area contributed by atoms with Crippen LogP contribution >= 0.6 is 0 Å². The van der Waals surface area contributed by atoms with Gasteiger partial charge in [0.25, 0.3) is 0 Å². The van der Waals surface area contributed by atoms with Gasteiger partial charge in [0.15, 0.2) is 11.6 Å². The van der Waals surface area contributed by atoms with Gasteiger partial charge in [0, 0.05) is 19.5 Å². The summed E-state index contributed by atoms with van der Waals surface area (Å²) in [6.45, 7) is 1.18. The van der Waals surface area contributed by atoms with Crippen molar-refractivity contribution in [2.24, 2.45) is 16.3 Å². The second-order valence-electron chi connectivity index (χ2n) is 5.12. The first-order valence-corrected chi connectivity index (χ1v) is 6.16. The van der Waals surface area contributed by atoms with Gasteiger partial charge in [0.2, 0.25) is 0 Å². The number of rotatable bonds is 6. The standard InChI is InChI=1S/C13H17F2N3O/c14-10-2-1-9(5-11(10)15)7-17-8-13(3-4-13)6-12(16)18-19/h1-2,5,17,19H,3-4,6-8H2,(H2,16,18). The molecule has 1 aliphatic rings. The Morgan fingerprint density at radius 2 is 2.11 bits per heavy atom. The van der Waals surface area contributed by atoms with E-state index in [2.05, 4.69) is 10.5 Å². The van der Waals surface area contributed by atoms with Gasteiger partial charge in [-0.15, -0.1) is 0 Å². The monoisotopic (exact) mass is 269 g/mol. The highest BCUT2D eigenvalue weighted by Gasteiger charge is 2.42. The Balaban J connectivity index is 1.82. The van der Waals surface area contributed by atoms with Crippen molar-refractivity contribution in [1.82, 2.24) is 5.32 Å². The van der Waals surface area contributed by atoms with E-state index >= 15 is 0 Å². The molecule has 1 aromatic rings. The Kier molecular flexibility index (Phi) is 3.99. The molecule has 0 heterocycles. The van der Waals surface area contributed by atoms with E-state index in [1.165, 1.54) is 6.07 Å². The highest BCUT2D eigenvalue weighted by Crippen LogP contribution is 2.48. The number of amidine groups is 1. The second-order valence-corrected chi connectivity index (χ2v) is 5.12. The first-order chi connectivity index (χ1) is 9.04. The Hall–Kier alpha value is -1.69. The average Bonchev–Trinajstić information content (AvgIpc) is 3.13. The summed E-state index contributed by atoms with van der Waals surface area (Å²) < 4.78 is 25.8. The molecule has 0 atom stereocenters. The average molecular weight is 269 g/mol. The van der Waals surface area contributed by atoms with E-state index < -0.39 is 11.6 Å². The van der Waals surface area contributed by atoms with Crippen molar-refractivity contribution in [3.05, 3.63) is 35.4 Å². The minimum atomic E-state index is -0.839.